The first-order valence-electron chi connectivity index (χ1n) is 11.6. The van der Waals surface area contributed by atoms with E-state index in [0.717, 1.165) is 5.56 Å². The van der Waals surface area contributed by atoms with Crippen molar-refractivity contribution in [1.29, 1.82) is 0 Å². The maximum Gasteiger partial charge on any atom is 0.123 e. The molecule has 1 heteroatoms. The molecule has 0 saturated carbocycles. The molecule has 1 N–H and O–H groups in total. The van der Waals surface area contributed by atoms with Crippen molar-refractivity contribution in [3.05, 3.63) is 54.1 Å². The van der Waals surface area contributed by atoms with E-state index in [9.17, 15) is 5.11 Å². The first-order chi connectivity index (χ1) is 13.8. The number of aromatic hydroxyl groups is 1. The van der Waals surface area contributed by atoms with Crippen molar-refractivity contribution in [2.24, 2.45) is 0 Å². The van der Waals surface area contributed by atoms with Crippen LogP contribution in [0.3, 0.4) is 0 Å². The minimum atomic E-state index is 0.388. The summed E-state index contributed by atoms with van der Waals surface area (Å²) in [4.78, 5) is 0. The van der Waals surface area contributed by atoms with Crippen LogP contribution in [0.1, 0.15) is 102 Å². The Bertz CT molecular complexity index is 661. The van der Waals surface area contributed by atoms with Crippen LogP contribution >= 0.6 is 0 Å². The Morgan fingerprint density at radius 1 is 0.607 bits per heavy atom. The van der Waals surface area contributed by atoms with Crippen molar-refractivity contribution in [2.45, 2.75) is 96.8 Å². The van der Waals surface area contributed by atoms with E-state index < -0.39 is 0 Å². The molecule has 0 aromatic heterocycles. The van der Waals surface area contributed by atoms with Crippen LogP contribution in [0.25, 0.3) is 11.1 Å². The van der Waals surface area contributed by atoms with Gasteiger partial charge in [0.25, 0.3) is 0 Å². The summed E-state index contributed by atoms with van der Waals surface area (Å²) in [7, 11) is 0. The van der Waals surface area contributed by atoms with Gasteiger partial charge < -0.3 is 5.11 Å². The third-order valence-corrected chi connectivity index (χ3v) is 5.91. The van der Waals surface area contributed by atoms with Gasteiger partial charge in [0.2, 0.25) is 0 Å². The fourth-order valence-electron chi connectivity index (χ4n) is 4.24. The predicted molar refractivity (Wildman–Crippen MR) is 123 cm³/mol. The lowest BCUT2D eigenvalue weighted by molar-refractivity contribution is 0.476. The fourth-order valence-corrected chi connectivity index (χ4v) is 4.24. The van der Waals surface area contributed by atoms with E-state index in [1.807, 2.05) is 18.2 Å². The summed E-state index contributed by atoms with van der Waals surface area (Å²) in [6.45, 7) is 4.56. The van der Waals surface area contributed by atoms with Gasteiger partial charge in [-0.05, 0) is 36.0 Å². The van der Waals surface area contributed by atoms with Crippen LogP contribution in [-0.4, -0.2) is 5.11 Å². The van der Waals surface area contributed by atoms with E-state index in [0.29, 0.717) is 11.7 Å². The molecule has 0 radical (unpaired) electrons. The van der Waals surface area contributed by atoms with Gasteiger partial charge in [-0.3, -0.25) is 0 Å². The standard InChI is InChI=1S/C27H40O/c1-3-5-7-9-10-12-18-23(17-11-8-6-4-2)24-19-13-14-20-25(24)26-21-15-16-22-27(26)28/h13-16,19-23,28H,3-12,17-18H2,1-2H3. The van der Waals surface area contributed by atoms with Gasteiger partial charge in [-0.25, -0.2) is 0 Å². The Morgan fingerprint density at radius 3 is 1.75 bits per heavy atom. The SMILES string of the molecule is CCCCCCCCC(CCCCCC)c1ccccc1-c1ccccc1O. The molecule has 2 aromatic rings. The van der Waals surface area contributed by atoms with Gasteiger partial charge in [0.05, 0.1) is 0 Å². The first-order valence-corrected chi connectivity index (χ1v) is 11.6. The fraction of sp³-hybridized carbons (Fsp3) is 0.556. The summed E-state index contributed by atoms with van der Waals surface area (Å²) in [6.07, 6.45) is 15.9. The van der Waals surface area contributed by atoms with Crippen LogP contribution in [0, 0.1) is 0 Å². The molecule has 0 aliphatic rings. The Kier molecular flexibility index (Phi) is 10.8. The molecule has 0 spiro atoms. The number of unbranched alkanes of at least 4 members (excludes halogenated alkanes) is 8. The third kappa shape index (κ3) is 7.34. The average Bonchev–Trinajstić information content (AvgIpc) is 2.72. The van der Waals surface area contributed by atoms with Crippen molar-refractivity contribution in [3.63, 3.8) is 0 Å². The second-order valence-electron chi connectivity index (χ2n) is 8.21. The summed E-state index contributed by atoms with van der Waals surface area (Å²) < 4.78 is 0. The van der Waals surface area contributed by atoms with E-state index >= 15 is 0 Å². The predicted octanol–water partition coefficient (Wildman–Crippen LogP) is 8.86. The highest BCUT2D eigenvalue weighted by Crippen LogP contribution is 2.38. The zero-order valence-electron chi connectivity index (χ0n) is 18.1. The second kappa shape index (κ2) is 13.4. The van der Waals surface area contributed by atoms with Gasteiger partial charge in [-0.2, -0.15) is 0 Å². The Balaban J connectivity index is 2.11. The van der Waals surface area contributed by atoms with E-state index in [1.54, 1.807) is 6.07 Å². The highest BCUT2D eigenvalue weighted by atomic mass is 16.3. The zero-order chi connectivity index (χ0) is 20.0. The minimum Gasteiger partial charge on any atom is -0.507 e. The molecule has 1 unspecified atom stereocenters. The number of phenolic OH excluding ortho intramolecular Hbond substituents is 1. The monoisotopic (exact) mass is 380 g/mol. The number of para-hydroxylation sites is 1. The molecule has 0 aliphatic heterocycles. The molecule has 28 heavy (non-hydrogen) atoms. The van der Waals surface area contributed by atoms with Gasteiger partial charge in [0.15, 0.2) is 0 Å². The number of benzene rings is 2. The van der Waals surface area contributed by atoms with Gasteiger partial charge >= 0.3 is 0 Å². The molecule has 0 aliphatic carbocycles. The molecule has 0 heterocycles. The maximum absolute atomic E-state index is 10.4. The number of rotatable bonds is 14. The van der Waals surface area contributed by atoms with Crippen LogP contribution in [0.5, 0.6) is 5.75 Å². The molecule has 0 fully saturated rings. The Hall–Kier alpha value is -1.76. The normalized spacial score (nSPS) is 12.2. The average molecular weight is 381 g/mol. The molecular weight excluding hydrogens is 340 g/mol. The lowest BCUT2D eigenvalue weighted by Gasteiger charge is -2.21. The maximum atomic E-state index is 10.4. The Labute approximate surface area is 173 Å². The largest absolute Gasteiger partial charge is 0.507 e. The summed E-state index contributed by atoms with van der Waals surface area (Å²) >= 11 is 0. The zero-order valence-corrected chi connectivity index (χ0v) is 18.1. The van der Waals surface area contributed by atoms with E-state index in [-0.39, 0.29) is 0 Å². The number of hydrogen-bond donors (Lipinski definition) is 1. The first kappa shape index (κ1) is 22.5. The highest BCUT2D eigenvalue weighted by Gasteiger charge is 2.17. The number of phenols is 1. The van der Waals surface area contributed by atoms with Crippen molar-refractivity contribution in [3.8, 4) is 16.9 Å². The highest BCUT2D eigenvalue weighted by molar-refractivity contribution is 5.73. The van der Waals surface area contributed by atoms with E-state index in [4.69, 9.17) is 0 Å². The molecule has 2 aromatic carbocycles. The van der Waals surface area contributed by atoms with Gasteiger partial charge in [0.1, 0.15) is 5.75 Å². The molecule has 0 amide bonds. The molecular formula is C27H40O. The minimum absolute atomic E-state index is 0.388. The van der Waals surface area contributed by atoms with Crippen LogP contribution in [0.2, 0.25) is 0 Å². The second-order valence-corrected chi connectivity index (χ2v) is 8.21. The molecule has 0 saturated heterocycles. The molecule has 1 atom stereocenters. The Morgan fingerprint density at radius 2 is 1.11 bits per heavy atom. The van der Waals surface area contributed by atoms with Crippen LogP contribution in [0.4, 0.5) is 0 Å². The van der Waals surface area contributed by atoms with Crippen molar-refractivity contribution in [2.75, 3.05) is 0 Å². The van der Waals surface area contributed by atoms with Crippen LogP contribution in [0.15, 0.2) is 48.5 Å². The molecule has 1 nitrogen and oxygen atoms in total. The van der Waals surface area contributed by atoms with Crippen molar-refractivity contribution >= 4 is 0 Å². The van der Waals surface area contributed by atoms with Gasteiger partial charge in [-0.1, -0.05) is 121 Å². The van der Waals surface area contributed by atoms with Gasteiger partial charge in [-0.15, -0.1) is 0 Å². The van der Waals surface area contributed by atoms with Crippen LogP contribution < -0.4 is 0 Å². The number of hydrogen-bond acceptors (Lipinski definition) is 1. The molecule has 2 rings (SSSR count). The molecule has 0 bridgehead atoms. The van der Waals surface area contributed by atoms with Gasteiger partial charge in [0, 0.05) is 5.56 Å². The topological polar surface area (TPSA) is 20.2 Å². The smallest absolute Gasteiger partial charge is 0.123 e. The lowest BCUT2D eigenvalue weighted by Crippen LogP contribution is -2.02. The van der Waals surface area contributed by atoms with Crippen molar-refractivity contribution in [1.82, 2.24) is 0 Å². The summed E-state index contributed by atoms with van der Waals surface area (Å²) in [5.74, 6) is 0.984. The summed E-state index contributed by atoms with van der Waals surface area (Å²) in [5.41, 5.74) is 3.61. The summed E-state index contributed by atoms with van der Waals surface area (Å²) in [6, 6.07) is 16.5. The van der Waals surface area contributed by atoms with E-state index in [2.05, 4.69) is 38.1 Å². The quantitative estimate of drug-likeness (QED) is 0.324. The van der Waals surface area contributed by atoms with Crippen LogP contribution in [-0.2, 0) is 0 Å². The van der Waals surface area contributed by atoms with E-state index in [1.165, 1.54) is 88.2 Å². The lowest BCUT2D eigenvalue weighted by atomic mass is 9.83. The van der Waals surface area contributed by atoms with Crippen molar-refractivity contribution < 1.29 is 5.11 Å². The molecule has 154 valence electrons. The third-order valence-electron chi connectivity index (χ3n) is 5.91. The summed E-state index contributed by atoms with van der Waals surface area (Å²) in [5, 5.41) is 10.4.